The molecular formula is C27H33N3O5S. The maximum atomic E-state index is 12.8. The standard InChI is InChI=1S/C27H33N3O5S/c1-17(2)35-25-9-7-21(12-20(25)5)24-14-26(30(29-24)22-10-11-36(32,33)16-22)28-27(31)15-34-23-8-6-18(3)19(4)13-23/h6-9,12-14,17,22H,10-11,15-16H2,1-5H3,(H,28,31)/t22-/m0/s1. The first-order chi connectivity index (χ1) is 17.0. The lowest BCUT2D eigenvalue weighted by molar-refractivity contribution is -0.118. The molecule has 1 amide bonds. The monoisotopic (exact) mass is 511 g/mol. The third-order valence-electron chi connectivity index (χ3n) is 6.24. The van der Waals surface area contributed by atoms with Gasteiger partial charge in [0.05, 0.1) is 29.3 Å². The number of anilines is 1. The quantitative estimate of drug-likeness (QED) is 0.473. The van der Waals surface area contributed by atoms with Gasteiger partial charge in [0, 0.05) is 11.6 Å². The predicted molar refractivity (Wildman–Crippen MR) is 141 cm³/mol. The van der Waals surface area contributed by atoms with Gasteiger partial charge < -0.3 is 14.8 Å². The number of nitrogens with one attached hydrogen (secondary N) is 1. The molecule has 0 spiro atoms. The molecule has 0 saturated carbocycles. The number of benzene rings is 2. The Labute approximate surface area is 212 Å². The van der Waals surface area contributed by atoms with Crippen LogP contribution >= 0.6 is 0 Å². The van der Waals surface area contributed by atoms with Crippen molar-refractivity contribution in [2.24, 2.45) is 0 Å². The molecule has 1 saturated heterocycles. The zero-order valence-corrected chi connectivity index (χ0v) is 22.2. The number of carbonyl (C=O) groups excluding carboxylic acids is 1. The van der Waals surface area contributed by atoms with Gasteiger partial charge in [0.15, 0.2) is 16.4 Å². The molecule has 8 nitrogen and oxygen atoms in total. The van der Waals surface area contributed by atoms with Crippen LogP contribution in [0.2, 0.25) is 0 Å². The van der Waals surface area contributed by atoms with Crippen LogP contribution in [0, 0.1) is 20.8 Å². The van der Waals surface area contributed by atoms with E-state index in [4.69, 9.17) is 14.6 Å². The summed E-state index contributed by atoms with van der Waals surface area (Å²) in [6.45, 7) is 9.74. The lowest BCUT2D eigenvalue weighted by atomic mass is 10.1. The normalized spacial score (nSPS) is 16.8. The van der Waals surface area contributed by atoms with E-state index in [2.05, 4.69) is 5.32 Å². The van der Waals surface area contributed by atoms with Crippen molar-refractivity contribution in [3.63, 3.8) is 0 Å². The summed E-state index contributed by atoms with van der Waals surface area (Å²) in [7, 11) is -3.14. The van der Waals surface area contributed by atoms with Gasteiger partial charge in [0.1, 0.15) is 17.3 Å². The van der Waals surface area contributed by atoms with E-state index in [9.17, 15) is 13.2 Å². The van der Waals surface area contributed by atoms with Gasteiger partial charge in [-0.25, -0.2) is 13.1 Å². The summed E-state index contributed by atoms with van der Waals surface area (Å²) in [5, 5.41) is 7.58. The zero-order chi connectivity index (χ0) is 26.0. The van der Waals surface area contributed by atoms with E-state index < -0.39 is 9.84 Å². The molecule has 1 aliphatic rings. The number of aromatic nitrogens is 2. The number of sulfone groups is 1. The summed E-state index contributed by atoms with van der Waals surface area (Å²) >= 11 is 0. The number of ether oxygens (including phenoxy) is 2. The van der Waals surface area contributed by atoms with Crippen LogP contribution < -0.4 is 14.8 Å². The van der Waals surface area contributed by atoms with Crippen LogP contribution in [0.15, 0.2) is 42.5 Å². The van der Waals surface area contributed by atoms with E-state index >= 15 is 0 Å². The molecule has 0 unspecified atom stereocenters. The first kappa shape index (κ1) is 25.8. The molecule has 1 atom stereocenters. The molecule has 4 rings (SSSR count). The second-order valence-electron chi connectivity index (χ2n) is 9.65. The average Bonchev–Trinajstić information content (AvgIpc) is 3.38. The van der Waals surface area contributed by atoms with E-state index in [1.165, 1.54) is 0 Å². The molecule has 1 fully saturated rings. The highest BCUT2D eigenvalue weighted by Crippen LogP contribution is 2.32. The largest absolute Gasteiger partial charge is 0.491 e. The molecule has 1 aromatic heterocycles. The smallest absolute Gasteiger partial charge is 0.263 e. The Morgan fingerprint density at radius 1 is 1.08 bits per heavy atom. The van der Waals surface area contributed by atoms with Crippen LogP contribution in [-0.4, -0.2) is 48.3 Å². The Kier molecular flexibility index (Phi) is 7.40. The number of amides is 1. The van der Waals surface area contributed by atoms with Crippen LogP contribution in [0.4, 0.5) is 5.82 Å². The van der Waals surface area contributed by atoms with Gasteiger partial charge in [0.25, 0.3) is 5.91 Å². The van der Waals surface area contributed by atoms with Gasteiger partial charge in [-0.3, -0.25) is 4.79 Å². The summed E-state index contributed by atoms with van der Waals surface area (Å²) in [6, 6.07) is 12.9. The van der Waals surface area contributed by atoms with Gasteiger partial charge in [0.2, 0.25) is 0 Å². The van der Waals surface area contributed by atoms with Gasteiger partial charge in [-0.05, 0) is 88.1 Å². The molecular weight excluding hydrogens is 478 g/mol. The molecule has 0 radical (unpaired) electrons. The number of carbonyl (C=O) groups is 1. The highest BCUT2D eigenvalue weighted by atomic mass is 32.2. The minimum atomic E-state index is -3.14. The van der Waals surface area contributed by atoms with E-state index in [-0.39, 0.29) is 36.2 Å². The first-order valence-electron chi connectivity index (χ1n) is 12.1. The number of hydrogen-bond donors (Lipinski definition) is 1. The fourth-order valence-electron chi connectivity index (χ4n) is 4.20. The van der Waals surface area contributed by atoms with Crippen LogP contribution in [0.25, 0.3) is 11.3 Å². The molecule has 9 heteroatoms. The van der Waals surface area contributed by atoms with Gasteiger partial charge in [-0.2, -0.15) is 5.10 Å². The number of aryl methyl sites for hydroxylation is 3. The van der Waals surface area contributed by atoms with Crippen molar-refractivity contribution in [1.29, 1.82) is 0 Å². The lowest BCUT2D eigenvalue weighted by Crippen LogP contribution is -2.23. The fraction of sp³-hybridized carbons (Fsp3) is 0.407. The number of rotatable bonds is 8. The van der Waals surface area contributed by atoms with Crippen molar-refractivity contribution in [1.82, 2.24) is 9.78 Å². The van der Waals surface area contributed by atoms with E-state index in [0.717, 1.165) is 28.0 Å². The number of nitrogens with zero attached hydrogens (tertiary/aromatic N) is 2. The van der Waals surface area contributed by atoms with Crippen molar-refractivity contribution in [2.75, 3.05) is 23.4 Å². The highest BCUT2D eigenvalue weighted by molar-refractivity contribution is 7.91. The molecule has 0 aliphatic carbocycles. The summed E-state index contributed by atoms with van der Waals surface area (Å²) in [5.41, 5.74) is 4.69. The Hall–Kier alpha value is -3.33. The second kappa shape index (κ2) is 10.3. The second-order valence-corrected chi connectivity index (χ2v) is 11.9. The third-order valence-corrected chi connectivity index (χ3v) is 7.99. The summed E-state index contributed by atoms with van der Waals surface area (Å²) in [5.74, 6) is 1.61. The predicted octanol–water partition coefficient (Wildman–Crippen LogP) is 4.64. The van der Waals surface area contributed by atoms with E-state index in [0.29, 0.717) is 23.7 Å². The molecule has 2 heterocycles. The molecule has 3 aromatic rings. The van der Waals surface area contributed by atoms with Gasteiger partial charge in [-0.15, -0.1) is 0 Å². The number of hydrogen-bond acceptors (Lipinski definition) is 6. The summed E-state index contributed by atoms with van der Waals surface area (Å²) in [6.07, 6.45) is 0.511. The summed E-state index contributed by atoms with van der Waals surface area (Å²) < 4.78 is 37.4. The minimum Gasteiger partial charge on any atom is -0.491 e. The minimum absolute atomic E-state index is 0.00364. The molecule has 1 aliphatic heterocycles. The van der Waals surface area contributed by atoms with Crippen LogP contribution in [0.1, 0.15) is 43.0 Å². The van der Waals surface area contributed by atoms with Crippen LogP contribution in [0.5, 0.6) is 11.5 Å². The Balaban J connectivity index is 1.57. The SMILES string of the molecule is Cc1ccc(OCC(=O)Nc2cc(-c3ccc(OC(C)C)c(C)c3)nn2[C@H]2CCS(=O)(=O)C2)cc1C. The van der Waals surface area contributed by atoms with Crippen molar-refractivity contribution < 1.29 is 22.7 Å². The van der Waals surface area contributed by atoms with Crippen molar-refractivity contribution in [3.8, 4) is 22.8 Å². The van der Waals surface area contributed by atoms with Crippen molar-refractivity contribution in [3.05, 3.63) is 59.2 Å². The first-order valence-corrected chi connectivity index (χ1v) is 13.9. The topological polar surface area (TPSA) is 99.5 Å². The van der Waals surface area contributed by atoms with Crippen LogP contribution in [0.3, 0.4) is 0 Å². The molecule has 1 N–H and O–H groups in total. The van der Waals surface area contributed by atoms with E-state index in [1.54, 1.807) is 10.7 Å². The molecule has 36 heavy (non-hydrogen) atoms. The van der Waals surface area contributed by atoms with Crippen molar-refractivity contribution in [2.45, 2.75) is 53.2 Å². The lowest BCUT2D eigenvalue weighted by Gasteiger charge is -2.14. The highest BCUT2D eigenvalue weighted by Gasteiger charge is 2.32. The molecule has 192 valence electrons. The van der Waals surface area contributed by atoms with Crippen LogP contribution in [-0.2, 0) is 14.6 Å². The fourth-order valence-corrected chi connectivity index (χ4v) is 5.89. The third kappa shape index (κ3) is 6.07. The maximum absolute atomic E-state index is 12.8. The Bertz CT molecular complexity index is 1380. The van der Waals surface area contributed by atoms with E-state index in [1.807, 2.05) is 71.0 Å². The van der Waals surface area contributed by atoms with Gasteiger partial charge in [-0.1, -0.05) is 6.07 Å². The Morgan fingerprint density at radius 2 is 1.86 bits per heavy atom. The Morgan fingerprint density at radius 3 is 2.50 bits per heavy atom. The molecule has 0 bridgehead atoms. The maximum Gasteiger partial charge on any atom is 0.263 e. The summed E-state index contributed by atoms with van der Waals surface area (Å²) in [4.78, 5) is 12.8. The van der Waals surface area contributed by atoms with Gasteiger partial charge >= 0.3 is 0 Å². The average molecular weight is 512 g/mol. The van der Waals surface area contributed by atoms with Crippen molar-refractivity contribution >= 4 is 21.6 Å². The molecule has 2 aromatic carbocycles. The zero-order valence-electron chi connectivity index (χ0n) is 21.4.